The lowest BCUT2D eigenvalue weighted by molar-refractivity contribution is -0.137. The van der Waals surface area contributed by atoms with E-state index < -0.39 is 11.7 Å². The van der Waals surface area contributed by atoms with Gasteiger partial charge >= 0.3 is 6.18 Å². The van der Waals surface area contributed by atoms with Gasteiger partial charge < -0.3 is 5.32 Å². The van der Waals surface area contributed by atoms with E-state index in [4.69, 9.17) is 0 Å². The van der Waals surface area contributed by atoms with E-state index in [0.29, 0.717) is 17.1 Å². The molecule has 0 unspecified atom stereocenters. The summed E-state index contributed by atoms with van der Waals surface area (Å²) in [5.74, 6) is -0.210. The molecular weight excluding hydrogens is 325 g/mol. The number of hydrogen-bond donors (Lipinski definition) is 1. The molecule has 0 saturated carbocycles. The van der Waals surface area contributed by atoms with Gasteiger partial charge in [-0.2, -0.15) is 13.2 Å². The Kier molecular flexibility index (Phi) is 5.41. The van der Waals surface area contributed by atoms with Crippen LogP contribution in [0, 0.1) is 5.92 Å². The van der Waals surface area contributed by atoms with Gasteiger partial charge in [-0.15, -0.1) is 11.3 Å². The van der Waals surface area contributed by atoms with Crippen LogP contribution in [0.15, 0.2) is 30.5 Å². The van der Waals surface area contributed by atoms with Crippen molar-refractivity contribution in [3.63, 3.8) is 0 Å². The Hall–Kier alpha value is -1.89. The molecule has 1 amide bonds. The molecule has 0 aliphatic rings. The predicted molar refractivity (Wildman–Crippen MR) is 84.4 cm³/mol. The van der Waals surface area contributed by atoms with Crippen LogP contribution in [0.3, 0.4) is 0 Å². The highest BCUT2D eigenvalue weighted by Gasteiger charge is 2.30. The van der Waals surface area contributed by atoms with Crippen LogP contribution in [0.4, 0.5) is 18.3 Å². The number of benzene rings is 1. The second-order valence-electron chi connectivity index (χ2n) is 5.31. The lowest BCUT2D eigenvalue weighted by Crippen LogP contribution is -2.19. The molecule has 1 N–H and O–H groups in total. The molecule has 0 fully saturated rings. The molecule has 3 nitrogen and oxygen atoms in total. The number of thiazole rings is 1. The van der Waals surface area contributed by atoms with E-state index in [2.05, 4.69) is 10.3 Å². The maximum absolute atomic E-state index is 12.7. The maximum atomic E-state index is 12.7. The summed E-state index contributed by atoms with van der Waals surface area (Å²) >= 11 is 1.27. The summed E-state index contributed by atoms with van der Waals surface area (Å²) in [6.45, 7) is 3.75. The van der Waals surface area contributed by atoms with Crippen molar-refractivity contribution in [1.29, 1.82) is 0 Å². The number of hydrogen-bond acceptors (Lipinski definition) is 3. The van der Waals surface area contributed by atoms with E-state index >= 15 is 0 Å². The first-order valence-electron chi connectivity index (χ1n) is 7.21. The molecule has 23 heavy (non-hydrogen) atoms. The molecule has 0 aliphatic heterocycles. The maximum Gasteiger partial charge on any atom is 0.416 e. The fourth-order valence-corrected chi connectivity index (χ4v) is 2.77. The van der Waals surface area contributed by atoms with Crippen LogP contribution in [0.2, 0.25) is 0 Å². The quantitative estimate of drug-likeness (QED) is 0.853. The number of alkyl halides is 3. The molecule has 1 heterocycles. The van der Waals surface area contributed by atoms with Gasteiger partial charge in [-0.3, -0.25) is 4.79 Å². The average molecular weight is 342 g/mol. The second-order valence-corrected chi connectivity index (χ2v) is 6.42. The number of rotatable bonds is 5. The third kappa shape index (κ3) is 4.79. The third-order valence-electron chi connectivity index (χ3n) is 3.48. The fourth-order valence-electron chi connectivity index (χ4n) is 1.92. The Bertz CT molecular complexity index is 682. The SMILES string of the molecule is CC[C@H](C)C(=O)Nc1ncc(Cc2cccc(C(F)(F)F)c2)s1. The molecule has 2 aromatic rings. The third-order valence-corrected chi connectivity index (χ3v) is 4.39. The molecule has 0 spiro atoms. The molecule has 7 heteroatoms. The standard InChI is InChI=1S/C16H17F3N2OS/c1-3-10(2)14(22)21-15-20-9-13(23-15)8-11-5-4-6-12(7-11)16(17,18)19/h4-7,9-10H,3,8H2,1-2H3,(H,20,21,22)/t10-/m0/s1. The Morgan fingerprint density at radius 2 is 2.13 bits per heavy atom. The van der Waals surface area contributed by atoms with E-state index in [1.165, 1.54) is 17.4 Å². The van der Waals surface area contributed by atoms with E-state index in [1.54, 1.807) is 12.3 Å². The van der Waals surface area contributed by atoms with Crippen molar-refractivity contribution in [3.8, 4) is 0 Å². The Morgan fingerprint density at radius 3 is 2.78 bits per heavy atom. The largest absolute Gasteiger partial charge is 0.416 e. The molecule has 1 atom stereocenters. The molecule has 0 aliphatic carbocycles. The minimum atomic E-state index is -4.35. The number of carbonyl (C=O) groups is 1. The van der Waals surface area contributed by atoms with Crippen molar-refractivity contribution in [1.82, 2.24) is 4.98 Å². The first-order chi connectivity index (χ1) is 10.8. The lowest BCUT2D eigenvalue weighted by Gasteiger charge is -2.08. The first-order valence-corrected chi connectivity index (χ1v) is 8.03. The van der Waals surface area contributed by atoms with Gasteiger partial charge in [0.05, 0.1) is 5.56 Å². The fraction of sp³-hybridized carbons (Fsp3) is 0.375. The summed E-state index contributed by atoms with van der Waals surface area (Å²) < 4.78 is 38.1. The number of nitrogens with zero attached hydrogens (tertiary/aromatic N) is 1. The number of amides is 1. The van der Waals surface area contributed by atoms with Gasteiger partial charge in [0, 0.05) is 23.4 Å². The molecule has 0 saturated heterocycles. The molecule has 1 aromatic heterocycles. The Morgan fingerprint density at radius 1 is 1.39 bits per heavy atom. The van der Waals surface area contributed by atoms with Crippen LogP contribution in [0.1, 0.15) is 36.3 Å². The van der Waals surface area contributed by atoms with Gasteiger partial charge in [0.25, 0.3) is 0 Å². The lowest BCUT2D eigenvalue weighted by atomic mass is 10.1. The molecule has 0 radical (unpaired) electrons. The van der Waals surface area contributed by atoms with Gasteiger partial charge in [-0.05, 0) is 18.1 Å². The van der Waals surface area contributed by atoms with Gasteiger partial charge in [0.2, 0.25) is 5.91 Å². The number of nitrogens with one attached hydrogen (secondary N) is 1. The van der Waals surface area contributed by atoms with Crippen molar-refractivity contribution >= 4 is 22.4 Å². The summed E-state index contributed by atoms with van der Waals surface area (Å²) in [7, 11) is 0. The summed E-state index contributed by atoms with van der Waals surface area (Å²) in [5.41, 5.74) is -0.104. The average Bonchev–Trinajstić information content (AvgIpc) is 2.92. The van der Waals surface area contributed by atoms with Crippen molar-refractivity contribution in [2.75, 3.05) is 5.32 Å². The summed E-state index contributed by atoms with van der Waals surface area (Å²) in [6.07, 6.45) is -1.69. The zero-order valence-corrected chi connectivity index (χ0v) is 13.6. The summed E-state index contributed by atoms with van der Waals surface area (Å²) in [6, 6.07) is 5.22. The summed E-state index contributed by atoms with van der Waals surface area (Å²) in [4.78, 5) is 16.7. The predicted octanol–water partition coefficient (Wildman–Crippen LogP) is 4.74. The second kappa shape index (κ2) is 7.12. The molecule has 2 rings (SSSR count). The van der Waals surface area contributed by atoms with Gasteiger partial charge in [-0.1, -0.05) is 32.0 Å². The minimum absolute atomic E-state index is 0.104. The Labute approximate surface area is 136 Å². The highest BCUT2D eigenvalue weighted by Crippen LogP contribution is 2.30. The molecule has 1 aromatic carbocycles. The number of carbonyl (C=O) groups excluding carboxylic acids is 1. The number of anilines is 1. The van der Waals surface area contributed by atoms with Crippen LogP contribution >= 0.6 is 11.3 Å². The first kappa shape index (κ1) is 17.5. The highest BCUT2D eigenvalue weighted by molar-refractivity contribution is 7.15. The van der Waals surface area contributed by atoms with Crippen molar-refractivity contribution in [2.24, 2.45) is 5.92 Å². The summed E-state index contributed by atoms with van der Waals surface area (Å²) in [5, 5.41) is 3.19. The van der Waals surface area contributed by atoms with Crippen LogP contribution in [0.5, 0.6) is 0 Å². The van der Waals surface area contributed by atoms with E-state index in [9.17, 15) is 18.0 Å². The Balaban J connectivity index is 2.06. The van der Waals surface area contributed by atoms with E-state index in [-0.39, 0.29) is 11.8 Å². The molecule has 0 bridgehead atoms. The minimum Gasteiger partial charge on any atom is -0.302 e. The zero-order valence-electron chi connectivity index (χ0n) is 12.8. The van der Waals surface area contributed by atoms with Crippen molar-refractivity contribution < 1.29 is 18.0 Å². The molecular formula is C16H17F3N2OS. The van der Waals surface area contributed by atoms with Crippen molar-refractivity contribution in [3.05, 3.63) is 46.5 Å². The number of aromatic nitrogens is 1. The monoisotopic (exact) mass is 342 g/mol. The number of halogens is 3. The van der Waals surface area contributed by atoms with Crippen LogP contribution in [-0.4, -0.2) is 10.9 Å². The topological polar surface area (TPSA) is 42.0 Å². The smallest absolute Gasteiger partial charge is 0.302 e. The van der Waals surface area contributed by atoms with E-state index in [0.717, 1.165) is 23.4 Å². The van der Waals surface area contributed by atoms with Crippen molar-refractivity contribution in [2.45, 2.75) is 32.9 Å². The van der Waals surface area contributed by atoms with Crippen LogP contribution in [-0.2, 0) is 17.4 Å². The van der Waals surface area contributed by atoms with Gasteiger partial charge in [0.15, 0.2) is 5.13 Å². The molecule has 124 valence electrons. The highest BCUT2D eigenvalue weighted by atomic mass is 32.1. The van der Waals surface area contributed by atoms with Gasteiger partial charge in [-0.25, -0.2) is 4.98 Å². The van der Waals surface area contributed by atoms with Crippen LogP contribution in [0.25, 0.3) is 0 Å². The van der Waals surface area contributed by atoms with E-state index in [1.807, 2.05) is 13.8 Å². The normalized spacial score (nSPS) is 12.9. The van der Waals surface area contributed by atoms with Gasteiger partial charge in [0.1, 0.15) is 0 Å². The zero-order chi connectivity index (χ0) is 17.0. The van der Waals surface area contributed by atoms with Crippen LogP contribution < -0.4 is 5.32 Å².